The maximum Gasteiger partial charge on any atom is 0.178 e. The van der Waals surface area contributed by atoms with Gasteiger partial charge >= 0.3 is 0 Å². The molecule has 1 N–H and O–H groups in total. The molecular formula is C18H16FNO. The Labute approximate surface area is 123 Å². The third-order valence-electron chi connectivity index (χ3n) is 2.95. The normalized spacial score (nSPS) is 11.1. The first-order valence-corrected chi connectivity index (χ1v) is 6.61. The molecule has 2 nitrogen and oxygen atoms in total. The van der Waals surface area contributed by atoms with Crippen LogP contribution in [0.2, 0.25) is 0 Å². The van der Waals surface area contributed by atoms with Crippen molar-refractivity contribution in [1.29, 1.82) is 0 Å². The Morgan fingerprint density at radius 1 is 0.905 bits per heavy atom. The number of anilines is 1. The molecule has 0 heterocycles. The van der Waals surface area contributed by atoms with Crippen LogP contribution in [0, 0.1) is 5.82 Å². The number of nitrogens with one attached hydrogen (secondary N) is 1. The zero-order chi connectivity index (χ0) is 15.1. The third kappa shape index (κ3) is 4.73. The van der Waals surface area contributed by atoms with Crippen LogP contribution in [0.3, 0.4) is 0 Å². The van der Waals surface area contributed by atoms with Crippen molar-refractivity contribution in [2.24, 2.45) is 0 Å². The minimum Gasteiger partial charge on any atom is -0.388 e. The third-order valence-corrected chi connectivity index (χ3v) is 2.95. The number of allylic oxidation sites excluding steroid dienone is 2. The molecule has 0 aliphatic rings. The Bertz CT molecular complexity index is 655. The van der Waals surface area contributed by atoms with E-state index in [1.165, 1.54) is 24.3 Å². The quantitative estimate of drug-likeness (QED) is 0.833. The minimum absolute atomic E-state index is 0.114. The molecule has 0 spiro atoms. The Hall–Kier alpha value is -2.68. The first kappa shape index (κ1) is 14.7. The summed E-state index contributed by atoms with van der Waals surface area (Å²) in [6.45, 7) is 0. The van der Waals surface area contributed by atoms with Crippen LogP contribution in [0.15, 0.2) is 60.7 Å². The molecule has 0 radical (unpaired) electrons. The van der Waals surface area contributed by atoms with Crippen molar-refractivity contribution in [3.63, 3.8) is 0 Å². The van der Waals surface area contributed by atoms with Crippen molar-refractivity contribution < 1.29 is 9.18 Å². The van der Waals surface area contributed by atoms with E-state index in [0.29, 0.717) is 0 Å². The standard InChI is InChI=1S/C18H16FNO/c1-20-17-10-4-15(5-11-17)7-13-18(21)12-6-14-2-8-16(19)9-3-14/h2-13,20H,1H3/b12-6+,13-7+/i19-1. The number of rotatable bonds is 5. The summed E-state index contributed by atoms with van der Waals surface area (Å²) in [4.78, 5) is 11.7. The van der Waals surface area contributed by atoms with Crippen molar-refractivity contribution in [1.82, 2.24) is 0 Å². The highest BCUT2D eigenvalue weighted by Gasteiger charge is 1.93. The summed E-state index contributed by atoms with van der Waals surface area (Å²) in [6, 6.07) is 13.7. The number of hydrogen-bond donors (Lipinski definition) is 1. The lowest BCUT2D eigenvalue weighted by Gasteiger charge is -1.98. The summed E-state index contributed by atoms with van der Waals surface area (Å²) in [5.41, 5.74) is 2.77. The van der Waals surface area contributed by atoms with Crippen molar-refractivity contribution in [3.05, 3.63) is 77.6 Å². The second-order valence-corrected chi connectivity index (χ2v) is 4.49. The molecule has 2 aromatic rings. The predicted molar refractivity (Wildman–Crippen MR) is 85.5 cm³/mol. The highest BCUT2D eigenvalue weighted by molar-refractivity contribution is 6.04. The number of carbonyl (C=O) groups excluding carboxylic acids is 1. The van der Waals surface area contributed by atoms with Crippen LogP contribution in [0.1, 0.15) is 11.1 Å². The fraction of sp³-hybridized carbons (Fsp3) is 0.0556. The van der Waals surface area contributed by atoms with E-state index in [2.05, 4.69) is 5.32 Å². The van der Waals surface area contributed by atoms with Crippen molar-refractivity contribution in [2.75, 3.05) is 12.4 Å². The number of carbonyl (C=O) groups is 1. The predicted octanol–water partition coefficient (Wildman–Crippen LogP) is 4.16. The van der Waals surface area contributed by atoms with Gasteiger partial charge in [-0.1, -0.05) is 36.4 Å². The monoisotopic (exact) mass is 280 g/mol. The molecule has 0 bridgehead atoms. The Morgan fingerprint density at radius 2 is 1.38 bits per heavy atom. The molecule has 0 saturated carbocycles. The van der Waals surface area contributed by atoms with E-state index < -0.39 is 0 Å². The molecule has 0 aliphatic heterocycles. The number of benzene rings is 2. The van der Waals surface area contributed by atoms with Gasteiger partial charge in [-0.15, -0.1) is 0 Å². The molecule has 0 amide bonds. The molecule has 0 aliphatic carbocycles. The van der Waals surface area contributed by atoms with E-state index in [-0.39, 0.29) is 11.6 Å². The van der Waals surface area contributed by atoms with Gasteiger partial charge in [0.1, 0.15) is 5.82 Å². The van der Waals surface area contributed by atoms with Crippen molar-refractivity contribution >= 4 is 23.6 Å². The van der Waals surface area contributed by atoms with Crippen LogP contribution >= 0.6 is 0 Å². The van der Waals surface area contributed by atoms with Gasteiger partial charge < -0.3 is 5.32 Å². The summed E-state index contributed by atoms with van der Waals surface area (Å²) in [5.74, 6) is -0.402. The lowest BCUT2D eigenvalue weighted by atomic mass is 10.1. The lowest BCUT2D eigenvalue weighted by Crippen LogP contribution is -1.87. The molecule has 0 aromatic heterocycles. The number of hydrogen-bond acceptors (Lipinski definition) is 2. The molecule has 0 unspecified atom stereocenters. The first-order valence-electron chi connectivity index (χ1n) is 6.61. The zero-order valence-electron chi connectivity index (χ0n) is 11.7. The van der Waals surface area contributed by atoms with E-state index in [4.69, 9.17) is 0 Å². The largest absolute Gasteiger partial charge is 0.388 e. The topological polar surface area (TPSA) is 29.1 Å². The fourth-order valence-electron chi connectivity index (χ4n) is 1.75. The maximum absolute atomic E-state index is 12.7. The van der Waals surface area contributed by atoms with Crippen LogP contribution in [0.25, 0.3) is 12.2 Å². The highest BCUT2D eigenvalue weighted by Crippen LogP contribution is 2.10. The van der Waals surface area contributed by atoms with Gasteiger partial charge in [0.2, 0.25) is 0 Å². The van der Waals surface area contributed by atoms with E-state index in [0.717, 1.165) is 16.8 Å². The second-order valence-electron chi connectivity index (χ2n) is 4.49. The van der Waals surface area contributed by atoms with Gasteiger partial charge in [0, 0.05) is 12.7 Å². The van der Waals surface area contributed by atoms with Crippen molar-refractivity contribution in [3.8, 4) is 0 Å². The molecular weight excluding hydrogens is 264 g/mol. The molecule has 106 valence electrons. The molecule has 0 atom stereocenters. The van der Waals surface area contributed by atoms with Crippen molar-refractivity contribution in [2.45, 2.75) is 0 Å². The van der Waals surface area contributed by atoms with Crippen LogP contribution in [-0.4, -0.2) is 12.8 Å². The van der Waals surface area contributed by atoms with E-state index in [9.17, 15) is 9.18 Å². The highest BCUT2D eigenvalue weighted by atomic mass is 18.2. The SMILES string of the molecule is CNc1ccc(/C=C/C(=O)/C=C/c2ccc([18F])cc2)cc1. The molecule has 0 fully saturated rings. The van der Waals surface area contributed by atoms with E-state index in [1.54, 1.807) is 24.3 Å². The Balaban J connectivity index is 1.96. The Morgan fingerprint density at radius 3 is 1.86 bits per heavy atom. The van der Waals surface area contributed by atoms with E-state index >= 15 is 0 Å². The van der Waals surface area contributed by atoms with Gasteiger partial charge in [0.05, 0.1) is 0 Å². The van der Waals surface area contributed by atoms with Crippen LogP contribution < -0.4 is 5.32 Å². The average Bonchev–Trinajstić information content (AvgIpc) is 2.53. The molecule has 21 heavy (non-hydrogen) atoms. The molecule has 3 heteroatoms. The number of halogens is 1. The zero-order valence-corrected chi connectivity index (χ0v) is 11.7. The minimum atomic E-state index is -0.289. The van der Waals surface area contributed by atoms with E-state index in [1.807, 2.05) is 31.3 Å². The number of ketones is 1. The van der Waals surface area contributed by atoms with Gasteiger partial charge in [0.15, 0.2) is 5.78 Å². The Kier molecular flexibility index (Phi) is 5.04. The second kappa shape index (κ2) is 7.20. The van der Waals surface area contributed by atoms with Crippen LogP contribution in [0.4, 0.5) is 10.1 Å². The average molecular weight is 280 g/mol. The van der Waals surface area contributed by atoms with Gasteiger partial charge in [-0.2, -0.15) is 0 Å². The molecule has 2 rings (SSSR count). The molecule has 0 saturated heterocycles. The van der Waals surface area contributed by atoms with Gasteiger partial charge in [-0.3, -0.25) is 4.79 Å². The maximum atomic E-state index is 12.7. The first-order chi connectivity index (χ1) is 10.2. The van der Waals surface area contributed by atoms with Gasteiger partial charge in [-0.05, 0) is 47.5 Å². The molecule has 2 aromatic carbocycles. The van der Waals surface area contributed by atoms with Crippen LogP contribution in [0.5, 0.6) is 0 Å². The van der Waals surface area contributed by atoms with Gasteiger partial charge in [0.25, 0.3) is 0 Å². The summed E-state index contributed by atoms with van der Waals surface area (Å²) < 4.78 is 12.7. The fourth-order valence-corrected chi connectivity index (χ4v) is 1.75. The summed E-state index contributed by atoms with van der Waals surface area (Å²) >= 11 is 0. The smallest absolute Gasteiger partial charge is 0.178 e. The lowest BCUT2D eigenvalue weighted by molar-refractivity contribution is -0.110. The summed E-state index contributed by atoms with van der Waals surface area (Å²) in [6.07, 6.45) is 6.40. The summed E-state index contributed by atoms with van der Waals surface area (Å²) in [5, 5.41) is 3.03. The summed E-state index contributed by atoms with van der Waals surface area (Å²) in [7, 11) is 1.86. The van der Waals surface area contributed by atoms with Gasteiger partial charge in [-0.25, -0.2) is 4.39 Å². The van der Waals surface area contributed by atoms with Crippen LogP contribution in [-0.2, 0) is 4.79 Å².